The molecule has 0 radical (unpaired) electrons. The number of thiocarbonyl (C=S) groups is 1. The van der Waals surface area contributed by atoms with E-state index in [2.05, 4.69) is 4.98 Å². The Hall–Kier alpha value is -1.49. The van der Waals surface area contributed by atoms with Crippen molar-refractivity contribution in [1.29, 1.82) is 0 Å². The van der Waals surface area contributed by atoms with Crippen LogP contribution < -0.4 is 5.73 Å². The molecule has 0 saturated heterocycles. The molecule has 98 valence electrons. The molecule has 1 amide bonds. The Bertz CT molecular complexity index is 446. The van der Waals surface area contributed by atoms with E-state index in [1.54, 1.807) is 17.3 Å². The second-order valence-corrected chi connectivity index (χ2v) is 5.08. The predicted octanol–water partition coefficient (Wildman–Crippen LogP) is 1.92. The van der Waals surface area contributed by atoms with Gasteiger partial charge in [0.05, 0.1) is 10.6 Å². The first-order valence-corrected chi connectivity index (χ1v) is 6.33. The summed E-state index contributed by atoms with van der Waals surface area (Å²) in [5, 5.41) is 0. The molecule has 0 aliphatic carbocycles. The van der Waals surface area contributed by atoms with Gasteiger partial charge in [-0.2, -0.15) is 0 Å². The van der Waals surface area contributed by atoms with Crippen LogP contribution in [0, 0.1) is 6.92 Å². The number of hydrogen-bond acceptors (Lipinski definition) is 3. The second-order valence-electron chi connectivity index (χ2n) is 4.56. The maximum atomic E-state index is 12.4. The fourth-order valence-electron chi connectivity index (χ4n) is 1.66. The lowest BCUT2D eigenvalue weighted by atomic mass is 10.1. The van der Waals surface area contributed by atoms with E-state index in [-0.39, 0.29) is 11.9 Å². The smallest absolute Gasteiger partial charge is 0.255 e. The van der Waals surface area contributed by atoms with Gasteiger partial charge in [-0.1, -0.05) is 12.2 Å². The normalized spacial score (nSPS) is 10.4. The van der Waals surface area contributed by atoms with E-state index in [1.807, 2.05) is 26.8 Å². The molecule has 0 atom stereocenters. The number of nitrogens with two attached hydrogens (primary N) is 1. The number of carbonyl (C=O) groups is 1. The van der Waals surface area contributed by atoms with Crippen LogP contribution in [0.15, 0.2) is 18.5 Å². The topological polar surface area (TPSA) is 59.2 Å². The van der Waals surface area contributed by atoms with Crippen molar-refractivity contribution in [3.8, 4) is 0 Å². The number of nitrogens with zero attached hydrogens (tertiary/aromatic N) is 2. The lowest BCUT2D eigenvalue weighted by Gasteiger charge is -2.26. The van der Waals surface area contributed by atoms with Crippen molar-refractivity contribution in [2.45, 2.75) is 33.2 Å². The molecule has 5 heteroatoms. The number of aromatic nitrogens is 1. The fourth-order valence-corrected chi connectivity index (χ4v) is 1.75. The predicted molar refractivity (Wildman–Crippen MR) is 76.5 cm³/mol. The second kappa shape index (κ2) is 6.44. The third-order valence-electron chi connectivity index (χ3n) is 2.61. The number of aryl methyl sites for hydroxylation is 1. The molecular formula is C13H19N3OS. The Labute approximate surface area is 113 Å². The fraction of sp³-hybridized carbons (Fsp3) is 0.462. The van der Waals surface area contributed by atoms with E-state index in [9.17, 15) is 4.79 Å². The number of rotatable bonds is 5. The summed E-state index contributed by atoms with van der Waals surface area (Å²) in [4.78, 5) is 18.6. The molecule has 0 fully saturated rings. The molecule has 0 spiro atoms. The number of hydrogen-bond donors (Lipinski definition) is 1. The molecule has 0 saturated carbocycles. The highest BCUT2D eigenvalue weighted by molar-refractivity contribution is 7.80. The third-order valence-corrected chi connectivity index (χ3v) is 2.81. The van der Waals surface area contributed by atoms with E-state index in [0.717, 1.165) is 5.56 Å². The molecule has 18 heavy (non-hydrogen) atoms. The quantitative estimate of drug-likeness (QED) is 0.826. The van der Waals surface area contributed by atoms with Crippen molar-refractivity contribution in [2.75, 3.05) is 6.54 Å². The summed E-state index contributed by atoms with van der Waals surface area (Å²) in [7, 11) is 0. The summed E-state index contributed by atoms with van der Waals surface area (Å²) in [6.07, 6.45) is 3.86. The van der Waals surface area contributed by atoms with Crippen molar-refractivity contribution in [1.82, 2.24) is 9.88 Å². The largest absolute Gasteiger partial charge is 0.393 e. The molecule has 0 aliphatic rings. The molecule has 1 aromatic heterocycles. The van der Waals surface area contributed by atoms with Gasteiger partial charge in [0, 0.05) is 31.4 Å². The monoisotopic (exact) mass is 265 g/mol. The van der Waals surface area contributed by atoms with E-state index in [0.29, 0.717) is 23.5 Å². The maximum Gasteiger partial charge on any atom is 0.255 e. The van der Waals surface area contributed by atoms with Crippen molar-refractivity contribution in [3.63, 3.8) is 0 Å². The number of carbonyl (C=O) groups excluding carboxylic acids is 1. The maximum absolute atomic E-state index is 12.4. The minimum absolute atomic E-state index is 0.0301. The molecular weight excluding hydrogens is 246 g/mol. The van der Waals surface area contributed by atoms with Gasteiger partial charge in [0.2, 0.25) is 0 Å². The Morgan fingerprint density at radius 1 is 1.50 bits per heavy atom. The van der Waals surface area contributed by atoms with Gasteiger partial charge < -0.3 is 10.6 Å². The lowest BCUT2D eigenvalue weighted by Crippen LogP contribution is -2.39. The highest BCUT2D eigenvalue weighted by Gasteiger charge is 2.18. The van der Waals surface area contributed by atoms with Crippen LogP contribution in [-0.4, -0.2) is 33.4 Å². The molecule has 0 unspecified atom stereocenters. The van der Waals surface area contributed by atoms with Gasteiger partial charge in [0.1, 0.15) is 0 Å². The Morgan fingerprint density at radius 3 is 2.67 bits per heavy atom. The molecule has 0 aliphatic heterocycles. The summed E-state index contributed by atoms with van der Waals surface area (Å²) in [5.74, 6) is -0.0301. The van der Waals surface area contributed by atoms with Gasteiger partial charge in [0.15, 0.2) is 0 Å². The summed E-state index contributed by atoms with van der Waals surface area (Å²) < 4.78 is 0. The third kappa shape index (κ3) is 4.07. The van der Waals surface area contributed by atoms with Gasteiger partial charge in [-0.15, -0.1) is 0 Å². The zero-order valence-corrected chi connectivity index (χ0v) is 11.8. The lowest BCUT2D eigenvalue weighted by molar-refractivity contribution is 0.0711. The Morgan fingerprint density at radius 2 is 2.17 bits per heavy atom. The number of amides is 1. The SMILES string of the molecule is Cc1cncc(C(=O)N(CCC(N)=S)C(C)C)c1. The van der Waals surface area contributed by atoms with E-state index in [1.165, 1.54) is 0 Å². The van der Waals surface area contributed by atoms with E-state index in [4.69, 9.17) is 18.0 Å². The standard InChI is InChI=1S/C13H19N3OS/c1-9(2)16(5-4-12(14)18)13(17)11-6-10(3)7-15-8-11/h6-9H,4-5H2,1-3H3,(H2,14,18). The molecule has 1 rings (SSSR count). The number of pyridine rings is 1. The zero-order valence-electron chi connectivity index (χ0n) is 11.0. The van der Waals surface area contributed by atoms with E-state index >= 15 is 0 Å². The highest BCUT2D eigenvalue weighted by Crippen LogP contribution is 2.10. The van der Waals surface area contributed by atoms with Crippen LogP contribution in [0.3, 0.4) is 0 Å². The van der Waals surface area contributed by atoms with E-state index < -0.39 is 0 Å². The van der Waals surface area contributed by atoms with Crippen LogP contribution in [0.1, 0.15) is 36.2 Å². The highest BCUT2D eigenvalue weighted by atomic mass is 32.1. The van der Waals surface area contributed by atoms with Crippen molar-refractivity contribution in [3.05, 3.63) is 29.6 Å². The zero-order chi connectivity index (χ0) is 13.7. The molecule has 1 aromatic rings. The van der Waals surface area contributed by atoms with Crippen LogP contribution in [0.25, 0.3) is 0 Å². The first kappa shape index (κ1) is 14.6. The molecule has 0 aromatic carbocycles. The Kier molecular flexibility index (Phi) is 5.22. The minimum atomic E-state index is -0.0301. The van der Waals surface area contributed by atoms with Crippen LogP contribution >= 0.6 is 12.2 Å². The molecule has 4 nitrogen and oxygen atoms in total. The molecule has 2 N–H and O–H groups in total. The van der Waals surface area contributed by atoms with Crippen LogP contribution in [0.4, 0.5) is 0 Å². The minimum Gasteiger partial charge on any atom is -0.393 e. The van der Waals surface area contributed by atoms with Crippen LogP contribution in [0.2, 0.25) is 0 Å². The van der Waals surface area contributed by atoms with Crippen LogP contribution in [-0.2, 0) is 0 Å². The van der Waals surface area contributed by atoms with Crippen LogP contribution in [0.5, 0.6) is 0 Å². The van der Waals surface area contributed by atoms with Gasteiger partial charge in [0.25, 0.3) is 5.91 Å². The van der Waals surface area contributed by atoms with Gasteiger partial charge in [-0.05, 0) is 32.4 Å². The summed E-state index contributed by atoms with van der Waals surface area (Å²) in [5.41, 5.74) is 7.06. The summed E-state index contributed by atoms with van der Waals surface area (Å²) >= 11 is 4.85. The van der Waals surface area contributed by atoms with Crippen molar-refractivity contribution < 1.29 is 4.79 Å². The molecule has 0 bridgehead atoms. The average Bonchev–Trinajstić information content (AvgIpc) is 2.28. The Balaban J connectivity index is 2.85. The first-order chi connectivity index (χ1) is 8.41. The van der Waals surface area contributed by atoms with Gasteiger partial charge in [-0.3, -0.25) is 9.78 Å². The average molecular weight is 265 g/mol. The molecule has 1 heterocycles. The van der Waals surface area contributed by atoms with Crippen molar-refractivity contribution in [2.24, 2.45) is 5.73 Å². The summed E-state index contributed by atoms with van der Waals surface area (Å²) in [6, 6.07) is 1.94. The summed E-state index contributed by atoms with van der Waals surface area (Å²) in [6.45, 7) is 6.40. The first-order valence-electron chi connectivity index (χ1n) is 5.92. The van der Waals surface area contributed by atoms with Gasteiger partial charge >= 0.3 is 0 Å². The van der Waals surface area contributed by atoms with Gasteiger partial charge in [-0.25, -0.2) is 0 Å². The van der Waals surface area contributed by atoms with Crippen molar-refractivity contribution >= 4 is 23.1 Å².